The second-order valence-electron chi connectivity index (χ2n) is 4.31. The van der Waals surface area contributed by atoms with Crippen molar-refractivity contribution < 1.29 is 0 Å². The van der Waals surface area contributed by atoms with E-state index in [9.17, 15) is 0 Å². The van der Waals surface area contributed by atoms with Gasteiger partial charge in [0.15, 0.2) is 0 Å². The predicted octanol–water partition coefficient (Wildman–Crippen LogP) is 3.16. The van der Waals surface area contributed by atoms with Gasteiger partial charge < -0.3 is 5.73 Å². The molecule has 3 aromatic rings. The van der Waals surface area contributed by atoms with Crippen molar-refractivity contribution in [2.75, 3.05) is 5.73 Å². The third-order valence-corrected chi connectivity index (χ3v) is 3.50. The quantitative estimate of drug-likeness (QED) is 0.791. The minimum atomic E-state index is 0.511. The highest BCUT2D eigenvalue weighted by Crippen LogP contribution is 2.28. The molecule has 0 saturated carbocycles. The van der Waals surface area contributed by atoms with E-state index in [-0.39, 0.29) is 0 Å². The van der Waals surface area contributed by atoms with Gasteiger partial charge in [-0.15, -0.1) is 0 Å². The van der Waals surface area contributed by atoms with Crippen LogP contribution in [0.5, 0.6) is 0 Å². The number of nitrogens with two attached hydrogens (primary N) is 1. The molecule has 0 aliphatic heterocycles. The van der Waals surface area contributed by atoms with Gasteiger partial charge in [-0.25, -0.2) is 4.68 Å². The summed E-state index contributed by atoms with van der Waals surface area (Å²) in [5.41, 5.74) is 8.80. The summed E-state index contributed by atoms with van der Waals surface area (Å²) in [5.74, 6) is 0. The fraction of sp³-hybridized carbons (Fsp3) is 0.0769. The van der Waals surface area contributed by atoms with Gasteiger partial charge in [-0.3, -0.25) is 4.68 Å². The molecule has 2 N–H and O–H groups in total. The van der Waals surface area contributed by atoms with Crippen LogP contribution in [-0.4, -0.2) is 19.6 Å². The Labute approximate surface area is 125 Å². The number of benzene rings is 1. The smallest absolute Gasteiger partial charge is 0.134 e. The Balaban J connectivity index is 2.11. The molecule has 0 aliphatic carbocycles. The summed E-state index contributed by atoms with van der Waals surface area (Å²) in [6.07, 6.45) is 3.42. The van der Waals surface area contributed by atoms with E-state index in [4.69, 9.17) is 28.9 Å². The average molecular weight is 308 g/mol. The molecule has 0 bridgehead atoms. The van der Waals surface area contributed by atoms with Gasteiger partial charge in [0.2, 0.25) is 0 Å². The molecule has 20 heavy (non-hydrogen) atoms. The van der Waals surface area contributed by atoms with E-state index in [2.05, 4.69) is 10.2 Å². The Kier molecular flexibility index (Phi) is 3.16. The maximum absolute atomic E-state index is 6.18. The molecule has 0 spiro atoms. The van der Waals surface area contributed by atoms with E-state index in [0.717, 1.165) is 11.4 Å². The fourth-order valence-corrected chi connectivity index (χ4v) is 2.48. The van der Waals surface area contributed by atoms with Crippen LogP contribution >= 0.6 is 23.2 Å². The number of aromatic nitrogens is 4. The number of nitrogens with zero attached hydrogens (tertiary/aromatic N) is 4. The lowest BCUT2D eigenvalue weighted by atomic mass is 10.3. The lowest BCUT2D eigenvalue weighted by Gasteiger charge is -2.04. The standard InChI is InChI=1S/C13H11Cl2N5/c1-19-12(4-5-17-19)13-10(16)7-20(18-13)11-3-2-8(14)6-9(11)15/h2-7H,16H2,1H3. The number of anilines is 1. The zero-order chi connectivity index (χ0) is 14.3. The van der Waals surface area contributed by atoms with E-state index in [1.807, 2.05) is 13.1 Å². The number of hydrogen-bond acceptors (Lipinski definition) is 3. The fourth-order valence-electron chi connectivity index (χ4n) is 1.98. The highest BCUT2D eigenvalue weighted by Gasteiger charge is 2.14. The van der Waals surface area contributed by atoms with Gasteiger partial charge in [-0.2, -0.15) is 10.2 Å². The third-order valence-electron chi connectivity index (χ3n) is 2.96. The average Bonchev–Trinajstić information content (AvgIpc) is 2.95. The van der Waals surface area contributed by atoms with Gasteiger partial charge in [0.25, 0.3) is 0 Å². The SMILES string of the molecule is Cn1nccc1-c1nn(-c2ccc(Cl)cc2Cl)cc1N. The van der Waals surface area contributed by atoms with E-state index >= 15 is 0 Å². The van der Waals surface area contributed by atoms with Crippen molar-refractivity contribution in [2.24, 2.45) is 7.05 Å². The first-order valence-electron chi connectivity index (χ1n) is 5.85. The molecular formula is C13H11Cl2N5. The van der Waals surface area contributed by atoms with Gasteiger partial charge in [0, 0.05) is 18.3 Å². The monoisotopic (exact) mass is 307 g/mol. The largest absolute Gasteiger partial charge is 0.396 e. The summed E-state index contributed by atoms with van der Waals surface area (Å²) in [6.45, 7) is 0. The van der Waals surface area contributed by atoms with Crippen molar-refractivity contribution in [1.29, 1.82) is 0 Å². The van der Waals surface area contributed by atoms with Gasteiger partial charge in [-0.05, 0) is 24.3 Å². The van der Waals surface area contributed by atoms with Crippen LogP contribution in [-0.2, 0) is 7.05 Å². The van der Waals surface area contributed by atoms with Crippen molar-refractivity contribution in [1.82, 2.24) is 19.6 Å². The van der Waals surface area contributed by atoms with Crippen molar-refractivity contribution >= 4 is 28.9 Å². The first-order chi connectivity index (χ1) is 9.56. The first kappa shape index (κ1) is 13.0. The zero-order valence-electron chi connectivity index (χ0n) is 10.6. The minimum Gasteiger partial charge on any atom is -0.396 e. The lowest BCUT2D eigenvalue weighted by molar-refractivity contribution is 0.769. The molecule has 7 heteroatoms. The first-order valence-corrected chi connectivity index (χ1v) is 6.61. The van der Waals surface area contributed by atoms with Gasteiger partial charge in [0.05, 0.1) is 28.3 Å². The molecule has 0 unspecified atom stereocenters. The Morgan fingerprint density at radius 3 is 2.65 bits per heavy atom. The highest BCUT2D eigenvalue weighted by atomic mass is 35.5. The van der Waals surface area contributed by atoms with Crippen molar-refractivity contribution in [3.63, 3.8) is 0 Å². The van der Waals surface area contributed by atoms with E-state index in [1.165, 1.54) is 0 Å². The van der Waals surface area contributed by atoms with E-state index < -0.39 is 0 Å². The van der Waals surface area contributed by atoms with Crippen molar-refractivity contribution in [3.05, 3.63) is 46.7 Å². The van der Waals surface area contributed by atoms with E-state index in [0.29, 0.717) is 21.4 Å². The highest BCUT2D eigenvalue weighted by molar-refractivity contribution is 6.35. The summed E-state index contributed by atoms with van der Waals surface area (Å²) >= 11 is 12.1. The van der Waals surface area contributed by atoms with Crippen LogP contribution in [0.15, 0.2) is 36.7 Å². The normalized spacial score (nSPS) is 10.9. The van der Waals surface area contributed by atoms with Gasteiger partial charge in [0.1, 0.15) is 5.69 Å². The molecule has 5 nitrogen and oxygen atoms in total. The summed E-state index contributed by atoms with van der Waals surface area (Å²) < 4.78 is 3.35. The van der Waals surface area contributed by atoms with Crippen LogP contribution in [0.3, 0.4) is 0 Å². The molecule has 102 valence electrons. The van der Waals surface area contributed by atoms with Crippen LogP contribution in [0.1, 0.15) is 0 Å². The van der Waals surface area contributed by atoms with Crippen molar-refractivity contribution in [2.45, 2.75) is 0 Å². The maximum Gasteiger partial charge on any atom is 0.134 e. The zero-order valence-corrected chi connectivity index (χ0v) is 12.1. The Hall–Kier alpha value is -1.98. The summed E-state index contributed by atoms with van der Waals surface area (Å²) in [5, 5.41) is 9.68. The van der Waals surface area contributed by atoms with Gasteiger partial charge >= 0.3 is 0 Å². The molecular weight excluding hydrogens is 297 g/mol. The number of rotatable bonds is 2. The molecule has 0 aliphatic rings. The summed E-state index contributed by atoms with van der Waals surface area (Å²) in [7, 11) is 1.84. The molecule has 0 atom stereocenters. The lowest BCUT2D eigenvalue weighted by Crippen LogP contribution is -1.98. The molecule has 0 saturated heterocycles. The second kappa shape index (κ2) is 4.85. The van der Waals surface area contributed by atoms with Crippen LogP contribution in [0.2, 0.25) is 10.0 Å². The number of nitrogen functional groups attached to an aromatic ring is 1. The Bertz CT molecular complexity index is 775. The van der Waals surface area contributed by atoms with Crippen LogP contribution in [0.4, 0.5) is 5.69 Å². The van der Waals surface area contributed by atoms with Gasteiger partial charge in [-0.1, -0.05) is 23.2 Å². The van der Waals surface area contributed by atoms with Crippen LogP contribution in [0.25, 0.3) is 17.1 Å². The van der Waals surface area contributed by atoms with Crippen molar-refractivity contribution in [3.8, 4) is 17.1 Å². The Morgan fingerprint density at radius 1 is 1.20 bits per heavy atom. The minimum absolute atomic E-state index is 0.511. The van der Waals surface area contributed by atoms with Crippen LogP contribution < -0.4 is 5.73 Å². The number of hydrogen-bond donors (Lipinski definition) is 1. The molecule has 3 rings (SSSR count). The summed E-state index contributed by atoms with van der Waals surface area (Å²) in [4.78, 5) is 0. The predicted molar refractivity (Wildman–Crippen MR) is 80.2 cm³/mol. The molecule has 0 fully saturated rings. The van der Waals surface area contributed by atoms with E-state index in [1.54, 1.807) is 40.0 Å². The number of halogens is 2. The topological polar surface area (TPSA) is 61.7 Å². The molecule has 0 radical (unpaired) electrons. The molecule has 0 amide bonds. The summed E-state index contributed by atoms with van der Waals surface area (Å²) in [6, 6.07) is 7.07. The van der Waals surface area contributed by atoms with Crippen LogP contribution in [0, 0.1) is 0 Å². The number of aryl methyl sites for hydroxylation is 1. The molecule has 1 aromatic carbocycles. The Morgan fingerprint density at radius 2 is 2.00 bits per heavy atom. The maximum atomic E-state index is 6.18. The third kappa shape index (κ3) is 2.15. The second-order valence-corrected chi connectivity index (χ2v) is 5.16. The molecule has 2 heterocycles. The molecule has 2 aromatic heterocycles.